The molecular weight excluding hydrogens is 202 g/mol. The molecule has 3 rings (SSSR count). The molecule has 3 heteroatoms. The second kappa shape index (κ2) is 4.28. The molecule has 0 amide bonds. The summed E-state index contributed by atoms with van der Waals surface area (Å²) in [6.45, 7) is 6.62. The van der Waals surface area contributed by atoms with E-state index in [1.807, 2.05) is 0 Å². The summed E-state index contributed by atoms with van der Waals surface area (Å²) in [5.74, 6) is 0. The Balaban J connectivity index is 1.63. The summed E-state index contributed by atoms with van der Waals surface area (Å²) in [6, 6.07) is 0. The quantitative estimate of drug-likeness (QED) is 0.668. The van der Waals surface area contributed by atoms with Crippen LogP contribution in [0.15, 0.2) is 0 Å². The first-order valence-electron chi connectivity index (χ1n) is 6.74. The van der Waals surface area contributed by atoms with Crippen molar-refractivity contribution in [2.75, 3.05) is 26.3 Å². The van der Waals surface area contributed by atoms with Gasteiger partial charge < -0.3 is 9.47 Å². The number of hydrogen-bond acceptors (Lipinski definition) is 3. The average Bonchev–Trinajstić information content (AvgIpc) is 3.12. The third kappa shape index (κ3) is 2.58. The molecule has 2 aliphatic heterocycles. The maximum absolute atomic E-state index is 5.39. The highest BCUT2D eigenvalue weighted by Gasteiger charge is 2.40. The van der Waals surface area contributed by atoms with Crippen LogP contribution in [0, 0.1) is 0 Å². The zero-order chi connectivity index (χ0) is 11.0. The molecule has 16 heavy (non-hydrogen) atoms. The fourth-order valence-electron chi connectivity index (χ4n) is 2.98. The molecule has 0 N–H and O–H groups in total. The molecule has 1 aliphatic carbocycles. The predicted octanol–water partition coefficient (Wildman–Crippen LogP) is 1.81. The molecule has 2 unspecified atom stereocenters. The molecule has 3 nitrogen and oxygen atoms in total. The topological polar surface area (TPSA) is 28.3 Å². The smallest absolute Gasteiger partial charge is 0.0936 e. The van der Waals surface area contributed by atoms with Gasteiger partial charge in [-0.1, -0.05) is 19.3 Å². The van der Waals surface area contributed by atoms with Crippen LogP contribution in [0.3, 0.4) is 0 Å². The van der Waals surface area contributed by atoms with Gasteiger partial charge in [-0.25, -0.2) is 0 Å². The maximum Gasteiger partial charge on any atom is 0.0936 e. The lowest BCUT2D eigenvalue weighted by atomic mass is 9.81. The molecule has 92 valence electrons. The van der Waals surface area contributed by atoms with E-state index in [1.165, 1.54) is 32.1 Å². The van der Waals surface area contributed by atoms with E-state index in [4.69, 9.17) is 9.47 Å². The molecule has 0 aromatic rings. The van der Waals surface area contributed by atoms with Crippen molar-refractivity contribution in [1.82, 2.24) is 4.90 Å². The fourth-order valence-corrected chi connectivity index (χ4v) is 2.98. The lowest BCUT2D eigenvalue weighted by Gasteiger charge is -2.44. The Labute approximate surface area is 98.1 Å². The van der Waals surface area contributed by atoms with Crippen molar-refractivity contribution in [1.29, 1.82) is 0 Å². The molecular formula is C13H23NO2. The van der Waals surface area contributed by atoms with Gasteiger partial charge in [-0.2, -0.15) is 0 Å². The molecule has 2 atom stereocenters. The molecule has 1 saturated carbocycles. The highest BCUT2D eigenvalue weighted by molar-refractivity contribution is 4.93. The van der Waals surface area contributed by atoms with E-state index in [2.05, 4.69) is 11.8 Å². The first kappa shape index (κ1) is 11.0. The number of ether oxygens (including phenoxy) is 2. The van der Waals surface area contributed by atoms with Gasteiger partial charge in [0.1, 0.15) is 0 Å². The molecule has 3 aliphatic rings. The van der Waals surface area contributed by atoms with Crippen molar-refractivity contribution in [2.45, 2.75) is 56.8 Å². The zero-order valence-electron chi connectivity index (χ0n) is 10.3. The van der Waals surface area contributed by atoms with E-state index in [1.54, 1.807) is 0 Å². The number of nitrogens with zero attached hydrogens (tertiary/aromatic N) is 1. The van der Waals surface area contributed by atoms with Crippen molar-refractivity contribution in [3.63, 3.8) is 0 Å². The van der Waals surface area contributed by atoms with Crippen molar-refractivity contribution in [3.8, 4) is 0 Å². The minimum Gasteiger partial charge on any atom is -0.372 e. The third-order valence-electron chi connectivity index (χ3n) is 4.35. The van der Waals surface area contributed by atoms with Gasteiger partial charge in [-0.3, -0.25) is 4.90 Å². The van der Waals surface area contributed by atoms with Crippen LogP contribution in [0.1, 0.15) is 39.0 Å². The van der Waals surface area contributed by atoms with E-state index in [0.717, 1.165) is 26.3 Å². The lowest BCUT2D eigenvalue weighted by molar-refractivity contribution is 0.0524. The van der Waals surface area contributed by atoms with Gasteiger partial charge in [0.15, 0.2) is 0 Å². The molecule has 0 radical (unpaired) electrons. The van der Waals surface area contributed by atoms with Gasteiger partial charge in [0.25, 0.3) is 0 Å². The number of epoxide rings is 2. The third-order valence-corrected chi connectivity index (χ3v) is 4.35. The molecule has 0 spiro atoms. The largest absolute Gasteiger partial charge is 0.372 e. The summed E-state index contributed by atoms with van der Waals surface area (Å²) in [4.78, 5) is 2.65. The Morgan fingerprint density at radius 3 is 1.94 bits per heavy atom. The normalized spacial score (nSPS) is 36.4. The van der Waals surface area contributed by atoms with Crippen LogP contribution in [0.2, 0.25) is 0 Å². The zero-order valence-corrected chi connectivity index (χ0v) is 10.3. The van der Waals surface area contributed by atoms with Gasteiger partial charge in [0.05, 0.1) is 25.4 Å². The molecule has 0 aromatic carbocycles. The highest BCUT2D eigenvalue weighted by atomic mass is 16.6. The Hall–Kier alpha value is -0.120. The Bertz CT molecular complexity index is 228. The molecule has 0 bridgehead atoms. The van der Waals surface area contributed by atoms with E-state index in [-0.39, 0.29) is 0 Å². The minimum absolute atomic E-state index is 0.413. The van der Waals surface area contributed by atoms with Gasteiger partial charge >= 0.3 is 0 Å². The Kier molecular flexibility index (Phi) is 2.94. The molecule has 2 heterocycles. The summed E-state index contributed by atoms with van der Waals surface area (Å²) in [7, 11) is 0. The fraction of sp³-hybridized carbons (Fsp3) is 1.00. The van der Waals surface area contributed by atoms with Crippen LogP contribution in [0.25, 0.3) is 0 Å². The lowest BCUT2D eigenvalue weighted by Crippen LogP contribution is -2.50. The van der Waals surface area contributed by atoms with Crippen LogP contribution in [0.5, 0.6) is 0 Å². The van der Waals surface area contributed by atoms with Crippen LogP contribution in [-0.4, -0.2) is 49.0 Å². The Morgan fingerprint density at radius 2 is 1.50 bits per heavy atom. The van der Waals surface area contributed by atoms with Crippen molar-refractivity contribution < 1.29 is 9.47 Å². The first-order valence-corrected chi connectivity index (χ1v) is 6.74. The van der Waals surface area contributed by atoms with Crippen LogP contribution >= 0.6 is 0 Å². The van der Waals surface area contributed by atoms with Crippen molar-refractivity contribution >= 4 is 0 Å². The van der Waals surface area contributed by atoms with E-state index in [0.29, 0.717) is 17.7 Å². The van der Waals surface area contributed by atoms with E-state index < -0.39 is 0 Å². The van der Waals surface area contributed by atoms with E-state index in [9.17, 15) is 0 Å². The Morgan fingerprint density at radius 1 is 1.00 bits per heavy atom. The van der Waals surface area contributed by atoms with Gasteiger partial charge in [0, 0.05) is 18.6 Å². The van der Waals surface area contributed by atoms with Crippen LogP contribution < -0.4 is 0 Å². The monoisotopic (exact) mass is 225 g/mol. The SMILES string of the molecule is CC1(N(CC2CO2)CC2CO2)CCCCC1. The highest BCUT2D eigenvalue weighted by Crippen LogP contribution is 2.35. The summed E-state index contributed by atoms with van der Waals surface area (Å²) >= 11 is 0. The average molecular weight is 225 g/mol. The molecule has 0 aromatic heterocycles. The first-order chi connectivity index (χ1) is 7.76. The van der Waals surface area contributed by atoms with Crippen molar-refractivity contribution in [2.24, 2.45) is 0 Å². The second-order valence-corrected chi connectivity index (χ2v) is 5.87. The van der Waals surface area contributed by atoms with Gasteiger partial charge in [-0.15, -0.1) is 0 Å². The second-order valence-electron chi connectivity index (χ2n) is 5.87. The minimum atomic E-state index is 0.413. The predicted molar refractivity (Wildman–Crippen MR) is 62.5 cm³/mol. The number of hydrogen-bond donors (Lipinski definition) is 0. The molecule has 2 saturated heterocycles. The van der Waals surface area contributed by atoms with E-state index >= 15 is 0 Å². The summed E-state index contributed by atoms with van der Waals surface area (Å²) < 4.78 is 10.8. The van der Waals surface area contributed by atoms with Crippen LogP contribution in [0.4, 0.5) is 0 Å². The molecule has 3 fully saturated rings. The standard InChI is InChI=1S/C13H23NO2/c1-13(5-3-2-4-6-13)14(7-11-9-15-11)8-12-10-16-12/h11-12H,2-10H2,1H3. The maximum atomic E-state index is 5.39. The summed E-state index contributed by atoms with van der Waals surface area (Å²) in [6.07, 6.45) is 7.94. The summed E-state index contributed by atoms with van der Waals surface area (Å²) in [5, 5.41) is 0. The number of rotatable bonds is 5. The van der Waals surface area contributed by atoms with Crippen LogP contribution in [-0.2, 0) is 9.47 Å². The summed E-state index contributed by atoms with van der Waals surface area (Å²) in [5.41, 5.74) is 0.413. The van der Waals surface area contributed by atoms with Gasteiger partial charge in [-0.05, 0) is 19.8 Å². The van der Waals surface area contributed by atoms with Crippen molar-refractivity contribution in [3.05, 3.63) is 0 Å². The van der Waals surface area contributed by atoms with Gasteiger partial charge in [0.2, 0.25) is 0 Å².